The average Bonchev–Trinajstić information content (AvgIpc) is 2.83. The molecule has 8 heteroatoms. The van der Waals surface area contributed by atoms with Crippen molar-refractivity contribution in [2.24, 2.45) is 0 Å². The van der Waals surface area contributed by atoms with Gasteiger partial charge in [-0.2, -0.15) is 0 Å². The van der Waals surface area contributed by atoms with Gasteiger partial charge in [-0.25, -0.2) is 4.79 Å². The van der Waals surface area contributed by atoms with E-state index in [4.69, 9.17) is 9.47 Å². The molecule has 5 nitrogen and oxygen atoms in total. The Morgan fingerprint density at radius 3 is 2.52 bits per heavy atom. The lowest BCUT2D eigenvalue weighted by Gasteiger charge is -2.36. The highest BCUT2D eigenvalue weighted by molar-refractivity contribution is 5.62. The van der Waals surface area contributed by atoms with Crippen LogP contribution in [0, 0.1) is 0 Å². The van der Waals surface area contributed by atoms with Gasteiger partial charge in [-0.15, -0.1) is 13.2 Å². The minimum absolute atomic E-state index is 0.184. The van der Waals surface area contributed by atoms with E-state index in [-0.39, 0.29) is 12.4 Å². The van der Waals surface area contributed by atoms with Crippen LogP contribution in [0.3, 0.4) is 0 Å². The molecule has 1 aromatic rings. The van der Waals surface area contributed by atoms with Gasteiger partial charge in [0.2, 0.25) is 0 Å². The second kappa shape index (κ2) is 5.92. The number of carbonyl (C=O) groups excluding carboxylic acids is 1. The number of alkyl halides is 3. The van der Waals surface area contributed by atoms with Crippen molar-refractivity contribution < 1.29 is 32.2 Å². The number of benzene rings is 1. The molecule has 1 spiro atoms. The van der Waals surface area contributed by atoms with Gasteiger partial charge in [0.05, 0.1) is 0 Å². The Labute approximate surface area is 130 Å². The summed E-state index contributed by atoms with van der Waals surface area (Å²) in [5.41, 5.74) is -0.101. The molecule has 2 aliphatic rings. The fourth-order valence-corrected chi connectivity index (χ4v) is 2.89. The maximum atomic E-state index is 12.4. The second-order valence-corrected chi connectivity index (χ2v) is 5.76. The van der Waals surface area contributed by atoms with Crippen molar-refractivity contribution in [1.82, 2.24) is 4.90 Å². The Morgan fingerprint density at radius 2 is 1.91 bits per heavy atom. The number of cyclic esters (lactones) is 1. The molecule has 3 rings (SSSR count). The highest BCUT2D eigenvalue weighted by Crippen LogP contribution is 2.33. The van der Waals surface area contributed by atoms with Gasteiger partial charge in [0.15, 0.2) is 5.60 Å². The smallest absolute Gasteiger partial charge is 0.430 e. The quantitative estimate of drug-likeness (QED) is 0.797. The Kier molecular flexibility index (Phi) is 4.09. The molecular weight excluding hydrogens is 315 g/mol. The molecule has 0 amide bonds. The van der Waals surface area contributed by atoms with Crippen LogP contribution in [0.25, 0.3) is 0 Å². The van der Waals surface area contributed by atoms with Crippen LogP contribution >= 0.6 is 0 Å². The lowest BCUT2D eigenvalue weighted by Crippen LogP contribution is -2.45. The maximum absolute atomic E-state index is 12.4. The molecule has 2 aliphatic heterocycles. The number of carbonyl (C=O) groups is 1. The first-order chi connectivity index (χ1) is 10.9. The highest BCUT2D eigenvalue weighted by atomic mass is 19.4. The van der Waals surface area contributed by atoms with Gasteiger partial charge >= 0.3 is 12.5 Å². The normalized spacial score (nSPS) is 21.1. The van der Waals surface area contributed by atoms with Crippen LogP contribution in [0.4, 0.5) is 18.0 Å². The summed E-state index contributed by atoms with van der Waals surface area (Å²) in [6.07, 6.45) is -4.16. The number of para-hydroxylation sites is 1. The maximum Gasteiger partial charge on any atom is 0.573 e. The highest BCUT2D eigenvalue weighted by Gasteiger charge is 2.44. The van der Waals surface area contributed by atoms with Crippen LogP contribution in [0.15, 0.2) is 24.3 Å². The Hall–Kier alpha value is -1.96. The van der Waals surface area contributed by atoms with Gasteiger partial charge in [0, 0.05) is 38.0 Å². The zero-order valence-electron chi connectivity index (χ0n) is 12.3. The summed E-state index contributed by atoms with van der Waals surface area (Å²) in [6.45, 7) is 1.80. The molecule has 0 aliphatic carbocycles. The second-order valence-electron chi connectivity index (χ2n) is 5.76. The van der Waals surface area contributed by atoms with E-state index < -0.39 is 18.1 Å². The van der Waals surface area contributed by atoms with E-state index in [1.54, 1.807) is 12.1 Å². The van der Waals surface area contributed by atoms with Crippen molar-refractivity contribution in [2.75, 3.05) is 19.7 Å². The SMILES string of the molecule is O=C1OCC2(CCN(Cc3ccccc3OC(F)(F)F)CC2)O1. The van der Waals surface area contributed by atoms with Crippen molar-refractivity contribution in [2.45, 2.75) is 31.3 Å². The summed E-state index contributed by atoms with van der Waals surface area (Å²) < 4.78 is 51.4. The third-order valence-electron chi connectivity index (χ3n) is 4.11. The summed E-state index contributed by atoms with van der Waals surface area (Å²) in [4.78, 5) is 13.1. The molecule has 0 bridgehead atoms. The molecule has 2 fully saturated rings. The van der Waals surface area contributed by atoms with Crippen LogP contribution in [0.5, 0.6) is 5.75 Å². The Bertz CT molecular complexity index is 582. The minimum Gasteiger partial charge on any atom is -0.430 e. The molecule has 2 saturated heterocycles. The summed E-state index contributed by atoms with van der Waals surface area (Å²) in [5, 5.41) is 0. The van der Waals surface area contributed by atoms with Crippen LogP contribution < -0.4 is 4.74 Å². The molecule has 126 valence electrons. The van der Waals surface area contributed by atoms with E-state index in [1.807, 2.05) is 4.90 Å². The van der Waals surface area contributed by atoms with Gasteiger partial charge in [-0.05, 0) is 6.07 Å². The molecule has 0 atom stereocenters. The predicted molar refractivity (Wildman–Crippen MR) is 72.8 cm³/mol. The molecule has 0 saturated carbocycles. The van der Waals surface area contributed by atoms with Gasteiger partial charge < -0.3 is 14.2 Å². The summed E-state index contributed by atoms with van der Waals surface area (Å²) in [5.74, 6) is -0.184. The molecule has 2 heterocycles. The zero-order valence-corrected chi connectivity index (χ0v) is 12.3. The number of rotatable bonds is 3. The summed E-state index contributed by atoms with van der Waals surface area (Å²) in [7, 11) is 0. The molecular formula is C15H16F3NO4. The first kappa shape index (κ1) is 15.9. The summed E-state index contributed by atoms with van der Waals surface area (Å²) in [6, 6.07) is 6.10. The van der Waals surface area contributed by atoms with Crippen molar-refractivity contribution in [3.8, 4) is 5.75 Å². The first-order valence-corrected chi connectivity index (χ1v) is 7.27. The molecule has 1 aromatic carbocycles. The van der Waals surface area contributed by atoms with Gasteiger partial charge in [0.25, 0.3) is 0 Å². The van der Waals surface area contributed by atoms with Gasteiger partial charge in [0.1, 0.15) is 12.4 Å². The third kappa shape index (κ3) is 3.87. The van der Waals surface area contributed by atoms with Crippen LogP contribution in [-0.2, 0) is 16.0 Å². The lowest BCUT2D eigenvalue weighted by atomic mass is 9.92. The molecule has 0 unspecified atom stereocenters. The zero-order chi connectivity index (χ0) is 16.5. The summed E-state index contributed by atoms with van der Waals surface area (Å²) >= 11 is 0. The van der Waals surface area contributed by atoms with E-state index >= 15 is 0 Å². The number of hydrogen-bond donors (Lipinski definition) is 0. The predicted octanol–water partition coefficient (Wildman–Crippen LogP) is 3.09. The largest absolute Gasteiger partial charge is 0.573 e. The van der Waals surface area contributed by atoms with Crippen molar-refractivity contribution in [3.63, 3.8) is 0 Å². The van der Waals surface area contributed by atoms with E-state index in [2.05, 4.69) is 4.74 Å². The fourth-order valence-electron chi connectivity index (χ4n) is 2.89. The minimum atomic E-state index is -4.71. The van der Waals surface area contributed by atoms with Crippen molar-refractivity contribution in [1.29, 1.82) is 0 Å². The number of hydrogen-bond acceptors (Lipinski definition) is 5. The van der Waals surface area contributed by atoms with Crippen LogP contribution in [-0.4, -0.2) is 42.7 Å². The van der Waals surface area contributed by atoms with E-state index in [0.717, 1.165) is 0 Å². The number of likely N-dealkylation sites (tertiary alicyclic amines) is 1. The third-order valence-corrected chi connectivity index (χ3v) is 4.11. The lowest BCUT2D eigenvalue weighted by molar-refractivity contribution is -0.275. The Balaban J connectivity index is 1.62. The van der Waals surface area contributed by atoms with Gasteiger partial charge in [-0.3, -0.25) is 4.90 Å². The average molecular weight is 331 g/mol. The standard InChI is InChI=1S/C15H16F3NO4/c16-15(17,18)22-12-4-2-1-3-11(12)9-19-7-5-14(6-8-19)10-21-13(20)23-14/h1-4H,5-10H2. The van der Waals surface area contributed by atoms with Crippen LogP contribution in [0.1, 0.15) is 18.4 Å². The first-order valence-electron chi connectivity index (χ1n) is 7.27. The number of piperidine rings is 1. The van der Waals surface area contributed by atoms with E-state index in [0.29, 0.717) is 38.0 Å². The van der Waals surface area contributed by atoms with Gasteiger partial charge in [-0.1, -0.05) is 18.2 Å². The van der Waals surface area contributed by atoms with Crippen molar-refractivity contribution >= 4 is 6.16 Å². The van der Waals surface area contributed by atoms with E-state index in [9.17, 15) is 18.0 Å². The number of ether oxygens (including phenoxy) is 3. The molecule has 23 heavy (non-hydrogen) atoms. The fraction of sp³-hybridized carbons (Fsp3) is 0.533. The monoisotopic (exact) mass is 331 g/mol. The van der Waals surface area contributed by atoms with E-state index in [1.165, 1.54) is 12.1 Å². The number of nitrogens with zero attached hydrogens (tertiary/aromatic N) is 1. The molecule has 0 N–H and O–H groups in total. The molecule has 0 radical (unpaired) electrons. The van der Waals surface area contributed by atoms with Crippen molar-refractivity contribution in [3.05, 3.63) is 29.8 Å². The Morgan fingerprint density at radius 1 is 1.22 bits per heavy atom. The topological polar surface area (TPSA) is 48.0 Å². The number of halogens is 3. The molecule has 0 aromatic heterocycles. The van der Waals surface area contributed by atoms with Crippen LogP contribution in [0.2, 0.25) is 0 Å².